The zero-order valence-corrected chi connectivity index (χ0v) is 9.28. The fourth-order valence-electron chi connectivity index (χ4n) is 1.15. The van der Waals surface area contributed by atoms with Gasteiger partial charge in [-0.1, -0.05) is 25.6 Å². The molecule has 1 rings (SSSR count). The summed E-state index contributed by atoms with van der Waals surface area (Å²) >= 11 is 0. The first-order valence-electron chi connectivity index (χ1n) is 5.07. The zero-order chi connectivity index (χ0) is 12.0. The molecular formula is C13H15FN2. The lowest BCUT2D eigenvalue weighted by Gasteiger charge is -2.01. The van der Waals surface area contributed by atoms with Crippen molar-refractivity contribution in [2.75, 3.05) is 0 Å². The smallest absolute Gasteiger partial charge is 0.148 e. The summed E-state index contributed by atoms with van der Waals surface area (Å²) in [6, 6.07) is 6.33. The van der Waals surface area contributed by atoms with Gasteiger partial charge in [0.15, 0.2) is 0 Å². The number of rotatable bonds is 4. The molecule has 0 radical (unpaired) electrons. The molecule has 16 heavy (non-hydrogen) atoms. The van der Waals surface area contributed by atoms with Gasteiger partial charge in [0.2, 0.25) is 0 Å². The van der Waals surface area contributed by atoms with Gasteiger partial charge in [0.1, 0.15) is 5.82 Å². The minimum Gasteiger partial charge on any atom is -0.404 e. The summed E-state index contributed by atoms with van der Waals surface area (Å²) in [6.07, 6.45) is 3.74. The molecule has 1 aromatic carbocycles. The molecule has 0 spiro atoms. The number of allylic oxidation sites excluding steroid dienone is 2. The van der Waals surface area contributed by atoms with E-state index in [2.05, 4.69) is 11.6 Å². The third kappa shape index (κ3) is 3.05. The second kappa shape index (κ2) is 5.85. The zero-order valence-electron chi connectivity index (χ0n) is 9.28. The maximum atomic E-state index is 13.2. The van der Waals surface area contributed by atoms with Crippen molar-refractivity contribution in [3.63, 3.8) is 0 Å². The van der Waals surface area contributed by atoms with Crippen LogP contribution in [0.15, 0.2) is 53.2 Å². The third-order valence-electron chi connectivity index (χ3n) is 2.21. The van der Waals surface area contributed by atoms with Crippen molar-refractivity contribution in [1.29, 1.82) is 0 Å². The first kappa shape index (κ1) is 12.2. The van der Waals surface area contributed by atoms with Gasteiger partial charge in [-0.15, -0.1) is 0 Å². The van der Waals surface area contributed by atoms with Gasteiger partial charge in [-0.3, -0.25) is 4.99 Å². The van der Waals surface area contributed by atoms with Crippen molar-refractivity contribution < 1.29 is 4.39 Å². The Bertz CT molecular complexity index is 433. The Hall–Kier alpha value is -1.90. The Morgan fingerprint density at radius 1 is 1.50 bits per heavy atom. The molecule has 0 aliphatic rings. The SMILES string of the molecule is C=C(CC)C(C=Nc1ccccc1F)=CN. The molecule has 3 heteroatoms. The molecular weight excluding hydrogens is 203 g/mol. The summed E-state index contributed by atoms with van der Waals surface area (Å²) in [5, 5.41) is 0. The van der Waals surface area contributed by atoms with Crippen LogP contribution in [0.4, 0.5) is 10.1 Å². The van der Waals surface area contributed by atoms with Crippen LogP contribution >= 0.6 is 0 Å². The average Bonchev–Trinajstić information content (AvgIpc) is 2.31. The second-order valence-electron chi connectivity index (χ2n) is 3.29. The van der Waals surface area contributed by atoms with Crippen LogP contribution in [0, 0.1) is 5.82 Å². The quantitative estimate of drug-likeness (QED) is 0.611. The second-order valence-corrected chi connectivity index (χ2v) is 3.29. The van der Waals surface area contributed by atoms with Crippen LogP contribution in [0.1, 0.15) is 13.3 Å². The van der Waals surface area contributed by atoms with Crippen molar-refractivity contribution in [2.24, 2.45) is 10.7 Å². The average molecular weight is 218 g/mol. The number of hydrogen-bond donors (Lipinski definition) is 1. The first-order valence-corrected chi connectivity index (χ1v) is 5.07. The number of nitrogens with two attached hydrogens (primary N) is 1. The van der Waals surface area contributed by atoms with Crippen LogP contribution in [0.3, 0.4) is 0 Å². The van der Waals surface area contributed by atoms with E-state index in [1.54, 1.807) is 18.2 Å². The summed E-state index contributed by atoms with van der Waals surface area (Å²) < 4.78 is 13.2. The predicted octanol–water partition coefficient (Wildman–Crippen LogP) is 3.34. The lowest BCUT2D eigenvalue weighted by molar-refractivity contribution is 0.630. The maximum absolute atomic E-state index is 13.2. The largest absolute Gasteiger partial charge is 0.404 e. The predicted molar refractivity (Wildman–Crippen MR) is 66.3 cm³/mol. The molecule has 0 saturated carbocycles. The standard InChI is InChI=1S/C13H15FN2/c1-3-10(2)11(8-15)9-16-13-7-5-4-6-12(13)14/h4-9H,2-3,15H2,1H3. The lowest BCUT2D eigenvalue weighted by atomic mass is 10.1. The van der Waals surface area contributed by atoms with Gasteiger partial charge < -0.3 is 5.73 Å². The molecule has 0 aliphatic heterocycles. The number of nitrogens with zero attached hydrogens (tertiary/aromatic N) is 1. The fourth-order valence-corrected chi connectivity index (χ4v) is 1.15. The Kier molecular flexibility index (Phi) is 4.45. The van der Waals surface area contributed by atoms with Gasteiger partial charge in [0, 0.05) is 18.0 Å². The summed E-state index contributed by atoms with van der Waals surface area (Å²) in [5.74, 6) is -0.350. The Morgan fingerprint density at radius 2 is 2.19 bits per heavy atom. The molecule has 0 aromatic heterocycles. The first-order chi connectivity index (χ1) is 7.69. The highest BCUT2D eigenvalue weighted by molar-refractivity contribution is 5.86. The number of hydrogen-bond acceptors (Lipinski definition) is 2. The molecule has 2 N–H and O–H groups in total. The van der Waals surface area contributed by atoms with Crippen LogP contribution < -0.4 is 5.73 Å². The molecule has 0 unspecified atom stereocenters. The highest BCUT2D eigenvalue weighted by atomic mass is 19.1. The summed E-state index contributed by atoms with van der Waals surface area (Å²) in [7, 11) is 0. The molecule has 0 fully saturated rings. The van der Waals surface area contributed by atoms with E-state index >= 15 is 0 Å². The molecule has 0 bridgehead atoms. The van der Waals surface area contributed by atoms with Crippen LogP contribution in [-0.4, -0.2) is 6.21 Å². The highest BCUT2D eigenvalue weighted by Crippen LogP contribution is 2.17. The van der Waals surface area contributed by atoms with Crippen molar-refractivity contribution in [3.05, 3.63) is 54.0 Å². The Morgan fingerprint density at radius 3 is 2.75 bits per heavy atom. The number of aliphatic imine (C=N–C) groups is 1. The maximum Gasteiger partial charge on any atom is 0.148 e. The van der Waals surface area contributed by atoms with Crippen LogP contribution in [0.25, 0.3) is 0 Å². The van der Waals surface area contributed by atoms with Crippen molar-refractivity contribution in [2.45, 2.75) is 13.3 Å². The van der Waals surface area contributed by atoms with E-state index in [9.17, 15) is 4.39 Å². The normalized spacial score (nSPS) is 12.0. The van der Waals surface area contributed by atoms with E-state index in [1.165, 1.54) is 18.5 Å². The third-order valence-corrected chi connectivity index (χ3v) is 2.21. The molecule has 0 amide bonds. The summed E-state index contributed by atoms with van der Waals surface area (Å²) in [4.78, 5) is 4.04. The van der Waals surface area contributed by atoms with Gasteiger partial charge in [0.25, 0.3) is 0 Å². The van der Waals surface area contributed by atoms with Crippen LogP contribution in [0.2, 0.25) is 0 Å². The van der Waals surface area contributed by atoms with Gasteiger partial charge in [0.05, 0.1) is 5.69 Å². The minimum absolute atomic E-state index is 0.297. The fraction of sp³-hybridized carbons (Fsp3) is 0.154. The van der Waals surface area contributed by atoms with Crippen molar-refractivity contribution in [3.8, 4) is 0 Å². The van der Waals surface area contributed by atoms with Crippen LogP contribution in [0.5, 0.6) is 0 Å². The van der Waals surface area contributed by atoms with Crippen molar-refractivity contribution in [1.82, 2.24) is 0 Å². The lowest BCUT2D eigenvalue weighted by Crippen LogP contribution is -1.93. The minimum atomic E-state index is -0.350. The van der Waals surface area contributed by atoms with Gasteiger partial charge in [-0.05, 0) is 24.1 Å². The molecule has 1 aromatic rings. The Labute approximate surface area is 95.0 Å². The van der Waals surface area contributed by atoms with E-state index in [-0.39, 0.29) is 5.82 Å². The molecule has 0 atom stereocenters. The van der Waals surface area contributed by atoms with E-state index in [0.717, 1.165) is 17.6 Å². The highest BCUT2D eigenvalue weighted by Gasteiger charge is 1.99. The number of halogens is 1. The van der Waals surface area contributed by atoms with E-state index in [0.29, 0.717) is 5.69 Å². The number of benzene rings is 1. The molecule has 84 valence electrons. The monoisotopic (exact) mass is 218 g/mol. The van der Waals surface area contributed by atoms with Gasteiger partial charge >= 0.3 is 0 Å². The molecule has 2 nitrogen and oxygen atoms in total. The van der Waals surface area contributed by atoms with Crippen molar-refractivity contribution >= 4 is 11.9 Å². The molecule has 0 heterocycles. The number of para-hydroxylation sites is 1. The summed E-state index contributed by atoms with van der Waals surface area (Å²) in [5.41, 5.74) is 7.35. The van der Waals surface area contributed by atoms with Gasteiger partial charge in [-0.25, -0.2) is 4.39 Å². The van der Waals surface area contributed by atoms with E-state index in [1.807, 2.05) is 6.92 Å². The molecule has 0 saturated heterocycles. The molecule has 0 aliphatic carbocycles. The summed E-state index contributed by atoms with van der Waals surface area (Å²) in [6.45, 7) is 5.82. The topological polar surface area (TPSA) is 38.4 Å². The van der Waals surface area contributed by atoms with E-state index in [4.69, 9.17) is 5.73 Å². The Balaban J connectivity index is 2.88. The van der Waals surface area contributed by atoms with Gasteiger partial charge in [-0.2, -0.15) is 0 Å². The van der Waals surface area contributed by atoms with E-state index < -0.39 is 0 Å². The van der Waals surface area contributed by atoms with Crippen LogP contribution in [-0.2, 0) is 0 Å².